The third kappa shape index (κ3) is 24.1. The van der Waals surface area contributed by atoms with Crippen LogP contribution in [0.2, 0.25) is 0 Å². The molecule has 3 N–H and O–H groups in total. The zero-order chi connectivity index (χ0) is 26.5. The van der Waals surface area contributed by atoms with Crippen molar-refractivity contribution in [3.8, 4) is 0 Å². The fourth-order valence-corrected chi connectivity index (χ4v) is 3.93. The molecule has 0 saturated carbocycles. The summed E-state index contributed by atoms with van der Waals surface area (Å²) in [5.74, 6) is -0.0950. The first kappa shape index (κ1) is 34.4. The first-order valence-electron chi connectivity index (χ1n) is 14.9. The Morgan fingerprint density at radius 2 is 1.22 bits per heavy atom. The third-order valence-electron chi connectivity index (χ3n) is 6.27. The molecule has 0 aliphatic carbocycles. The molecule has 0 heterocycles. The van der Waals surface area contributed by atoms with Crippen molar-refractivity contribution in [3.63, 3.8) is 0 Å². The van der Waals surface area contributed by atoms with E-state index in [-0.39, 0.29) is 12.5 Å². The molecule has 0 rings (SSSR count). The van der Waals surface area contributed by atoms with Crippen LogP contribution in [0.15, 0.2) is 48.6 Å². The highest BCUT2D eigenvalue weighted by Crippen LogP contribution is 2.09. The summed E-state index contributed by atoms with van der Waals surface area (Å²) in [6.07, 6.45) is 36.1. The van der Waals surface area contributed by atoms with Gasteiger partial charge >= 0.3 is 0 Å². The van der Waals surface area contributed by atoms with Gasteiger partial charge in [-0.2, -0.15) is 0 Å². The van der Waals surface area contributed by atoms with Crippen molar-refractivity contribution in [2.45, 2.75) is 142 Å². The van der Waals surface area contributed by atoms with Gasteiger partial charge in [0.1, 0.15) is 0 Å². The molecule has 0 radical (unpaired) electrons. The van der Waals surface area contributed by atoms with Crippen molar-refractivity contribution in [1.82, 2.24) is 5.32 Å². The van der Waals surface area contributed by atoms with Gasteiger partial charge in [0.25, 0.3) is 0 Å². The van der Waals surface area contributed by atoms with E-state index in [0.717, 1.165) is 51.4 Å². The molecule has 0 saturated heterocycles. The minimum absolute atomic E-state index is 0.0950. The Labute approximate surface area is 223 Å². The molecule has 0 aromatic carbocycles. The zero-order valence-corrected chi connectivity index (χ0v) is 23.5. The van der Waals surface area contributed by atoms with Gasteiger partial charge in [-0.25, -0.2) is 0 Å². The summed E-state index contributed by atoms with van der Waals surface area (Å²) in [6.45, 7) is 4.16. The third-order valence-corrected chi connectivity index (χ3v) is 6.27. The summed E-state index contributed by atoms with van der Waals surface area (Å²) in [5, 5.41) is 22.7. The number of aliphatic hydroxyl groups excluding tert-OH is 2. The highest BCUT2D eigenvalue weighted by Gasteiger charge is 2.17. The highest BCUT2D eigenvalue weighted by atomic mass is 16.3. The number of hydrogen-bond donors (Lipinski definition) is 3. The van der Waals surface area contributed by atoms with Crippen LogP contribution in [0.5, 0.6) is 0 Å². The van der Waals surface area contributed by atoms with Crippen molar-refractivity contribution >= 4 is 5.91 Å². The number of rotatable bonds is 25. The lowest BCUT2D eigenvalue weighted by Gasteiger charge is -2.19. The number of hydrogen-bond acceptors (Lipinski definition) is 3. The lowest BCUT2D eigenvalue weighted by molar-refractivity contribution is -0.123. The summed E-state index contributed by atoms with van der Waals surface area (Å²) in [6, 6.07) is -0.643. The lowest BCUT2D eigenvalue weighted by atomic mass is 10.1. The van der Waals surface area contributed by atoms with E-state index in [2.05, 4.69) is 55.6 Å². The second-order valence-corrected chi connectivity index (χ2v) is 9.80. The Morgan fingerprint density at radius 1 is 0.667 bits per heavy atom. The van der Waals surface area contributed by atoms with Crippen LogP contribution in [-0.4, -0.2) is 34.9 Å². The second kappa shape index (κ2) is 27.9. The first-order valence-corrected chi connectivity index (χ1v) is 14.9. The molecule has 0 fully saturated rings. The van der Waals surface area contributed by atoms with Crippen LogP contribution >= 0.6 is 0 Å². The van der Waals surface area contributed by atoms with E-state index in [1.807, 2.05) is 6.08 Å². The molecule has 0 spiro atoms. The fraction of sp³-hybridized carbons (Fsp3) is 0.719. The van der Waals surface area contributed by atoms with Gasteiger partial charge in [-0.1, -0.05) is 114 Å². The summed E-state index contributed by atoms with van der Waals surface area (Å²) in [5.41, 5.74) is 0. The topological polar surface area (TPSA) is 69.6 Å². The minimum atomic E-state index is -0.864. The summed E-state index contributed by atoms with van der Waals surface area (Å²) >= 11 is 0. The number of amides is 1. The van der Waals surface area contributed by atoms with Crippen molar-refractivity contribution in [2.75, 3.05) is 6.61 Å². The molecular formula is C32H57NO3. The van der Waals surface area contributed by atoms with Gasteiger partial charge in [-0.05, 0) is 57.8 Å². The number of nitrogens with one attached hydrogen (secondary N) is 1. The molecule has 4 heteroatoms. The van der Waals surface area contributed by atoms with Crippen molar-refractivity contribution in [3.05, 3.63) is 48.6 Å². The summed E-state index contributed by atoms with van der Waals surface area (Å²) < 4.78 is 0. The lowest BCUT2D eigenvalue weighted by Crippen LogP contribution is -2.45. The van der Waals surface area contributed by atoms with Gasteiger partial charge in [0.15, 0.2) is 0 Å². The molecule has 0 aromatic heterocycles. The number of aliphatic hydroxyl groups is 2. The van der Waals surface area contributed by atoms with Gasteiger partial charge in [-0.3, -0.25) is 4.79 Å². The molecule has 36 heavy (non-hydrogen) atoms. The summed E-state index contributed by atoms with van der Waals surface area (Å²) in [4.78, 5) is 12.2. The maximum absolute atomic E-state index is 12.2. The predicted molar refractivity (Wildman–Crippen MR) is 156 cm³/mol. The number of unbranched alkanes of at least 4 members (excludes halogenated alkanes) is 12. The summed E-state index contributed by atoms with van der Waals surface area (Å²) in [7, 11) is 0. The van der Waals surface area contributed by atoms with Crippen LogP contribution < -0.4 is 5.32 Å². The number of carbonyl (C=O) groups excluding carboxylic acids is 1. The molecular weight excluding hydrogens is 446 g/mol. The van der Waals surface area contributed by atoms with Crippen LogP contribution in [0.4, 0.5) is 0 Å². The van der Waals surface area contributed by atoms with Crippen LogP contribution in [0.1, 0.15) is 129 Å². The smallest absolute Gasteiger partial charge is 0.220 e. The second-order valence-electron chi connectivity index (χ2n) is 9.80. The van der Waals surface area contributed by atoms with E-state index in [0.29, 0.717) is 6.42 Å². The molecule has 0 aromatic rings. The number of allylic oxidation sites excluding steroid dienone is 7. The monoisotopic (exact) mass is 503 g/mol. The Morgan fingerprint density at radius 3 is 1.89 bits per heavy atom. The van der Waals surface area contributed by atoms with E-state index in [1.165, 1.54) is 57.8 Å². The average Bonchev–Trinajstić information content (AvgIpc) is 2.88. The van der Waals surface area contributed by atoms with Crippen molar-refractivity contribution < 1.29 is 15.0 Å². The van der Waals surface area contributed by atoms with Crippen LogP contribution in [0, 0.1) is 0 Å². The predicted octanol–water partition coefficient (Wildman–Crippen LogP) is 8.11. The Hall–Kier alpha value is -1.65. The maximum Gasteiger partial charge on any atom is 0.220 e. The van der Waals surface area contributed by atoms with Crippen molar-refractivity contribution in [2.24, 2.45) is 0 Å². The van der Waals surface area contributed by atoms with Gasteiger partial charge < -0.3 is 15.5 Å². The zero-order valence-electron chi connectivity index (χ0n) is 23.5. The molecule has 0 bridgehead atoms. The fourth-order valence-electron chi connectivity index (χ4n) is 3.93. The Kier molecular flexibility index (Phi) is 26.6. The maximum atomic E-state index is 12.2. The van der Waals surface area contributed by atoms with Crippen LogP contribution in [0.25, 0.3) is 0 Å². The van der Waals surface area contributed by atoms with E-state index >= 15 is 0 Å². The molecule has 1 amide bonds. The van der Waals surface area contributed by atoms with Gasteiger partial charge in [0, 0.05) is 6.42 Å². The SMILES string of the molecule is CCC/C=C\C/C=C\CCCCCCCC(=O)NC(CO)C(O)/C=C/CC/C=C/CCCCCCC. The average molecular weight is 504 g/mol. The molecule has 2 unspecified atom stereocenters. The number of carbonyl (C=O) groups is 1. The largest absolute Gasteiger partial charge is 0.394 e. The molecule has 2 atom stereocenters. The Balaban J connectivity index is 3.80. The van der Waals surface area contributed by atoms with Gasteiger partial charge in [0.05, 0.1) is 18.8 Å². The molecule has 208 valence electrons. The van der Waals surface area contributed by atoms with Gasteiger partial charge in [0.2, 0.25) is 5.91 Å². The van der Waals surface area contributed by atoms with E-state index in [1.54, 1.807) is 6.08 Å². The quantitative estimate of drug-likeness (QED) is 0.0870. The van der Waals surface area contributed by atoms with Gasteiger partial charge in [-0.15, -0.1) is 0 Å². The van der Waals surface area contributed by atoms with E-state index < -0.39 is 12.1 Å². The van der Waals surface area contributed by atoms with E-state index in [9.17, 15) is 15.0 Å². The molecule has 4 nitrogen and oxygen atoms in total. The first-order chi connectivity index (χ1) is 17.7. The normalized spacial score (nSPS) is 14.0. The highest BCUT2D eigenvalue weighted by molar-refractivity contribution is 5.76. The molecule has 0 aliphatic heterocycles. The Bertz CT molecular complexity index is 594. The van der Waals surface area contributed by atoms with E-state index in [4.69, 9.17) is 0 Å². The van der Waals surface area contributed by atoms with Crippen LogP contribution in [0.3, 0.4) is 0 Å². The molecule has 0 aliphatic rings. The van der Waals surface area contributed by atoms with Crippen molar-refractivity contribution in [1.29, 1.82) is 0 Å². The minimum Gasteiger partial charge on any atom is -0.394 e. The standard InChI is InChI=1S/C32H57NO3/c1-3-5-7-9-11-13-15-16-18-20-22-24-26-28-32(36)33-30(29-34)31(35)27-25-23-21-19-17-14-12-10-8-6-4-2/h7,9,13,15,17,19,25,27,30-31,34-35H,3-6,8,10-12,14,16,18,20-24,26,28-29H2,1-2H3,(H,33,36)/b9-7-,15-13-,19-17+,27-25+. The van der Waals surface area contributed by atoms with Crippen LogP contribution in [-0.2, 0) is 4.79 Å².